The van der Waals surface area contributed by atoms with Crippen LogP contribution in [-0.2, 0) is 0 Å². The molecule has 0 unspecified atom stereocenters. The van der Waals surface area contributed by atoms with Crippen molar-refractivity contribution in [3.8, 4) is 0 Å². The molecule has 0 radical (unpaired) electrons. The maximum absolute atomic E-state index is 6.08. The predicted molar refractivity (Wildman–Crippen MR) is 74.3 cm³/mol. The third-order valence-corrected chi connectivity index (χ3v) is 3.65. The SMILES string of the molecule is Cc1cccc2c1nc(N)n2N1CCN(C)CC1. The van der Waals surface area contributed by atoms with Crippen LogP contribution in [0.5, 0.6) is 0 Å². The normalized spacial score (nSPS) is 17.6. The summed E-state index contributed by atoms with van der Waals surface area (Å²) in [5.41, 5.74) is 9.37. The van der Waals surface area contributed by atoms with Crippen LogP contribution < -0.4 is 10.7 Å². The Kier molecular flexibility index (Phi) is 2.63. The van der Waals surface area contributed by atoms with Crippen molar-refractivity contribution in [2.75, 3.05) is 44.0 Å². The molecule has 5 heteroatoms. The Bertz CT molecular complexity index is 566. The largest absolute Gasteiger partial charge is 0.368 e. The van der Waals surface area contributed by atoms with E-state index in [0.29, 0.717) is 5.95 Å². The number of anilines is 1. The first-order valence-electron chi connectivity index (χ1n) is 6.34. The summed E-state index contributed by atoms with van der Waals surface area (Å²) >= 11 is 0. The minimum Gasteiger partial charge on any atom is -0.368 e. The summed E-state index contributed by atoms with van der Waals surface area (Å²) in [5.74, 6) is 0.587. The van der Waals surface area contributed by atoms with Gasteiger partial charge in [0.15, 0.2) is 0 Å². The summed E-state index contributed by atoms with van der Waals surface area (Å²) in [5, 5.41) is 2.28. The zero-order chi connectivity index (χ0) is 12.7. The van der Waals surface area contributed by atoms with Gasteiger partial charge in [-0.15, -0.1) is 0 Å². The lowest BCUT2D eigenvalue weighted by Gasteiger charge is -2.35. The van der Waals surface area contributed by atoms with Crippen molar-refractivity contribution in [2.45, 2.75) is 6.92 Å². The average Bonchev–Trinajstić information content (AvgIpc) is 2.69. The number of nitrogens with two attached hydrogens (primary N) is 1. The highest BCUT2D eigenvalue weighted by atomic mass is 15.6. The van der Waals surface area contributed by atoms with Gasteiger partial charge in [0.2, 0.25) is 5.95 Å². The Morgan fingerprint density at radius 1 is 1.17 bits per heavy atom. The Hall–Kier alpha value is -1.75. The first kappa shape index (κ1) is 11.3. The Morgan fingerprint density at radius 3 is 2.61 bits per heavy atom. The highest BCUT2D eigenvalue weighted by Gasteiger charge is 2.19. The van der Waals surface area contributed by atoms with Gasteiger partial charge in [-0.05, 0) is 25.6 Å². The monoisotopic (exact) mass is 245 g/mol. The van der Waals surface area contributed by atoms with E-state index >= 15 is 0 Å². The molecule has 1 fully saturated rings. The molecule has 2 aromatic rings. The molecule has 0 amide bonds. The number of nitrogens with zero attached hydrogens (tertiary/aromatic N) is 4. The van der Waals surface area contributed by atoms with E-state index in [4.69, 9.17) is 5.73 Å². The molecule has 0 atom stereocenters. The van der Waals surface area contributed by atoms with Crippen molar-refractivity contribution < 1.29 is 0 Å². The fourth-order valence-electron chi connectivity index (χ4n) is 2.54. The summed E-state index contributed by atoms with van der Waals surface area (Å²) in [7, 11) is 2.15. The van der Waals surface area contributed by atoms with Gasteiger partial charge in [0.25, 0.3) is 0 Å². The Balaban J connectivity index is 2.06. The second kappa shape index (κ2) is 4.17. The number of benzene rings is 1. The Morgan fingerprint density at radius 2 is 1.89 bits per heavy atom. The van der Waals surface area contributed by atoms with E-state index in [-0.39, 0.29) is 0 Å². The molecule has 2 N–H and O–H groups in total. The fourth-order valence-corrected chi connectivity index (χ4v) is 2.54. The van der Waals surface area contributed by atoms with Gasteiger partial charge in [-0.1, -0.05) is 12.1 Å². The second-order valence-corrected chi connectivity index (χ2v) is 4.98. The van der Waals surface area contributed by atoms with Crippen LogP contribution in [-0.4, -0.2) is 47.8 Å². The summed E-state index contributed by atoms with van der Waals surface area (Å²) in [4.78, 5) is 6.82. The predicted octanol–water partition coefficient (Wildman–Crippen LogP) is 0.810. The Labute approximate surface area is 107 Å². The first-order valence-corrected chi connectivity index (χ1v) is 6.34. The lowest BCUT2D eigenvalue weighted by atomic mass is 10.2. The lowest BCUT2D eigenvalue weighted by molar-refractivity contribution is 0.290. The minimum atomic E-state index is 0.587. The average molecular weight is 245 g/mol. The summed E-state index contributed by atoms with van der Waals surface area (Å²) in [6.07, 6.45) is 0. The smallest absolute Gasteiger partial charge is 0.220 e. The number of hydrogen-bond acceptors (Lipinski definition) is 4. The van der Waals surface area contributed by atoms with Crippen molar-refractivity contribution >= 4 is 17.0 Å². The van der Waals surface area contributed by atoms with Crippen molar-refractivity contribution in [3.63, 3.8) is 0 Å². The van der Waals surface area contributed by atoms with E-state index in [1.54, 1.807) is 0 Å². The van der Waals surface area contributed by atoms with Crippen LogP contribution in [0.2, 0.25) is 0 Å². The quantitative estimate of drug-likeness (QED) is 0.808. The molecule has 0 saturated carbocycles. The van der Waals surface area contributed by atoms with E-state index in [1.165, 1.54) is 5.56 Å². The molecular formula is C13H19N5. The molecule has 5 nitrogen and oxygen atoms in total. The van der Waals surface area contributed by atoms with Gasteiger partial charge in [0, 0.05) is 26.2 Å². The maximum atomic E-state index is 6.08. The van der Waals surface area contributed by atoms with Crippen LogP contribution in [0.25, 0.3) is 11.0 Å². The molecule has 96 valence electrons. The van der Waals surface area contributed by atoms with Gasteiger partial charge in [0.05, 0.1) is 11.0 Å². The van der Waals surface area contributed by atoms with Gasteiger partial charge in [-0.2, -0.15) is 0 Å². The zero-order valence-corrected chi connectivity index (χ0v) is 10.9. The third-order valence-electron chi connectivity index (χ3n) is 3.65. The number of likely N-dealkylation sites (N-methyl/N-ethyl adjacent to an activating group) is 1. The van der Waals surface area contributed by atoms with Gasteiger partial charge in [-0.3, -0.25) is 0 Å². The zero-order valence-electron chi connectivity index (χ0n) is 10.9. The number of nitrogen functional groups attached to an aromatic ring is 1. The highest BCUT2D eigenvalue weighted by molar-refractivity contribution is 5.81. The van der Waals surface area contributed by atoms with E-state index in [1.807, 2.05) is 0 Å². The van der Waals surface area contributed by atoms with Crippen molar-refractivity contribution in [3.05, 3.63) is 23.8 Å². The van der Waals surface area contributed by atoms with Gasteiger partial charge in [-0.25, -0.2) is 9.66 Å². The molecule has 0 aliphatic carbocycles. The van der Waals surface area contributed by atoms with Crippen molar-refractivity contribution in [1.82, 2.24) is 14.6 Å². The van der Waals surface area contributed by atoms with Crippen LogP contribution in [0, 0.1) is 6.92 Å². The molecular weight excluding hydrogens is 226 g/mol. The summed E-state index contributed by atoms with van der Waals surface area (Å²) in [6.45, 7) is 6.17. The summed E-state index contributed by atoms with van der Waals surface area (Å²) in [6, 6.07) is 6.22. The van der Waals surface area contributed by atoms with Gasteiger partial charge >= 0.3 is 0 Å². The molecule has 1 aliphatic rings. The van der Waals surface area contributed by atoms with E-state index in [9.17, 15) is 0 Å². The van der Waals surface area contributed by atoms with E-state index in [2.05, 4.69) is 51.7 Å². The fraction of sp³-hybridized carbons (Fsp3) is 0.462. The summed E-state index contributed by atoms with van der Waals surface area (Å²) < 4.78 is 2.06. The first-order chi connectivity index (χ1) is 8.66. The van der Waals surface area contributed by atoms with Crippen LogP contribution >= 0.6 is 0 Å². The van der Waals surface area contributed by atoms with Crippen LogP contribution in [0.4, 0.5) is 5.95 Å². The molecule has 18 heavy (non-hydrogen) atoms. The number of aromatic nitrogens is 2. The molecule has 1 saturated heterocycles. The molecule has 3 rings (SSSR count). The topological polar surface area (TPSA) is 50.3 Å². The highest BCUT2D eigenvalue weighted by Crippen LogP contribution is 2.21. The molecule has 2 heterocycles. The van der Waals surface area contributed by atoms with E-state index < -0.39 is 0 Å². The van der Waals surface area contributed by atoms with Crippen LogP contribution in [0.3, 0.4) is 0 Å². The molecule has 0 spiro atoms. The van der Waals surface area contributed by atoms with Gasteiger partial charge in [0.1, 0.15) is 0 Å². The van der Waals surface area contributed by atoms with Crippen LogP contribution in [0.15, 0.2) is 18.2 Å². The minimum absolute atomic E-state index is 0.587. The standard InChI is InChI=1S/C13H19N5/c1-10-4-3-5-11-12(10)15-13(14)18(11)17-8-6-16(2)7-9-17/h3-5H,6-9H2,1-2H3,(H2,14,15). The number of piperazine rings is 1. The third kappa shape index (κ3) is 1.71. The van der Waals surface area contributed by atoms with Crippen molar-refractivity contribution in [1.29, 1.82) is 0 Å². The number of para-hydroxylation sites is 1. The number of aryl methyl sites for hydroxylation is 1. The second-order valence-electron chi connectivity index (χ2n) is 4.98. The number of fused-ring (bicyclic) bond motifs is 1. The van der Waals surface area contributed by atoms with E-state index in [0.717, 1.165) is 37.2 Å². The number of hydrogen-bond donors (Lipinski definition) is 1. The van der Waals surface area contributed by atoms with Crippen molar-refractivity contribution in [2.24, 2.45) is 0 Å². The maximum Gasteiger partial charge on any atom is 0.220 e. The van der Waals surface area contributed by atoms with Gasteiger partial charge < -0.3 is 15.6 Å². The molecule has 1 aromatic carbocycles. The molecule has 0 bridgehead atoms. The van der Waals surface area contributed by atoms with Crippen LogP contribution in [0.1, 0.15) is 5.56 Å². The molecule has 1 aromatic heterocycles. The lowest BCUT2D eigenvalue weighted by Crippen LogP contribution is -2.50. The number of imidazole rings is 1. The molecule has 1 aliphatic heterocycles. The number of rotatable bonds is 1.